The van der Waals surface area contributed by atoms with Crippen LogP contribution in [-0.2, 0) is 0 Å². The summed E-state index contributed by atoms with van der Waals surface area (Å²) in [6.45, 7) is 8.48. The molecule has 0 heterocycles. The van der Waals surface area contributed by atoms with Crippen LogP contribution in [-0.4, -0.2) is 0 Å². The zero-order valence-corrected chi connectivity index (χ0v) is 10.6. The monoisotopic (exact) mass is 212 g/mol. The van der Waals surface area contributed by atoms with Crippen molar-refractivity contribution in [3.8, 4) is 0 Å². The maximum atomic E-state index is 2.19. The first-order chi connectivity index (χ1) is 7.65. The Bertz CT molecular complexity index is 413. The number of hydrogen-bond acceptors (Lipinski definition) is 0. The maximum absolute atomic E-state index is 2.19. The highest BCUT2D eigenvalue weighted by Crippen LogP contribution is 2.20. The molecule has 0 unspecified atom stereocenters. The second-order valence-electron chi connectivity index (χ2n) is 4.15. The molecule has 16 heavy (non-hydrogen) atoms. The van der Waals surface area contributed by atoms with Crippen LogP contribution in [0.5, 0.6) is 0 Å². The second-order valence-corrected chi connectivity index (χ2v) is 4.15. The van der Waals surface area contributed by atoms with Crippen LogP contribution >= 0.6 is 0 Å². The van der Waals surface area contributed by atoms with Gasteiger partial charge in [0.1, 0.15) is 0 Å². The first-order valence-corrected chi connectivity index (χ1v) is 5.69. The van der Waals surface area contributed by atoms with E-state index in [4.69, 9.17) is 0 Å². The lowest BCUT2D eigenvalue weighted by Gasteiger charge is -2.05. The molecule has 0 atom stereocenters. The van der Waals surface area contributed by atoms with Crippen molar-refractivity contribution in [3.63, 3.8) is 0 Å². The first kappa shape index (κ1) is 12.5. The van der Waals surface area contributed by atoms with Gasteiger partial charge in [-0.15, -0.1) is 0 Å². The third-order valence-corrected chi connectivity index (χ3v) is 2.59. The van der Waals surface area contributed by atoms with E-state index in [-0.39, 0.29) is 0 Å². The van der Waals surface area contributed by atoms with Gasteiger partial charge in [0.2, 0.25) is 0 Å². The largest absolute Gasteiger partial charge is 0.0847 e. The number of allylic oxidation sites excluding steroid dienone is 6. The van der Waals surface area contributed by atoms with Crippen molar-refractivity contribution >= 4 is 5.57 Å². The van der Waals surface area contributed by atoms with Crippen LogP contribution in [0.1, 0.15) is 33.3 Å². The van der Waals surface area contributed by atoms with E-state index in [9.17, 15) is 0 Å². The fourth-order valence-corrected chi connectivity index (χ4v) is 1.48. The molecule has 1 rings (SSSR count). The van der Waals surface area contributed by atoms with Gasteiger partial charge in [0, 0.05) is 0 Å². The van der Waals surface area contributed by atoms with Crippen LogP contribution < -0.4 is 0 Å². The third kappa shape index (κ3) is 3.54. The molecule has 84 valence electrons. The van der Waals surface area contributed by atoms with Gasteiger partial charge in [0.05, 0.1) is 0 Å². The summed E-state index contributed by atoms with van der Waals surface area (Å²) in [6, 6.07) is 10.5. The molecule has 0 aliphatic carbocycles. The molecule has 0 aliphatic rings. The van der Waals surface area contributed by atoms with Gasteiger partial charge in [-0.1, -0.05) is 59.7 Å². The van der Waals surface area contributed by atoms with Crippen molar-refractivity contribution in [2.24, 2.45) is 0 Å². The Morgan fingerprint density at radius 1 is 0.938 bits per heavy atom. The molecule has 0 saturated heterocycles. The van der Waals surface area contributed by atoms with Gasteiger partial charge in [0.15, 0.2) is 0 Å². The number of benzene rings is 1. The van der Waals surface area contributed by atoms with Gasteiger partial charge in [-0.25, -0.2) is 0 Å². The lowest BCUT2D eigenvalue weighted by atomic mass is 10.0. The molecule has 0 saturated carbocycles. The van der Waals surface area contributed by atoms with E-state index in [1.165, 1.54) is 22.3 Å². The molecule has 0 heteroatoms. The van der Waals surface area contributed by atoms with Crippen molar-refractivity contribution in [3.05, 3.63) is 65.3 Å². The van der Waals surface area contributed by atoms with E-state index in [1.807, 2.05) is 6.07 Å². The van der Waals surface area contributed by atoms with Gasteiger partial charge >= 0.3 is 0 Å². The Hall–Kier alpha value is -1.56. The summed E-state index contributed by atoms with van der Waals surface area (Å²) in [5.74, 6) is 0. The van der Waals surface area contributed by atoms with Crippen molar-refractivity contribution in [1.82, 2.24) is 0 Å². The zero-order valence-electron chi connectivity index (χ0n) is 10.6. The highest BCUT2D eigenvalue weighted by molar-refractivity contribution is 5.76. The van der Waals surface area contributed by atoms with Crippen molar-refractivity contribution in [2.75, 3.05) is 0 Å². The number of hydrogen-bond donors (Lipinski definition) is 0. The molecule has 0 aliphatic heterocycles. The minimum absolute atomic E-state index is 1.28. The van der Waals surface area contributed by atoms with Crippen LogP contribution in [0.4, 0.5) is 0 Å². The topological polar surface area (TPSA) is 0 Å². The van der Waals surface area contributed by atoms with E-state index in [0.717, 1.165) is 0 Å². The molecule has 0 spiro atoms. The molecular weight excluding hydrogens is 192 g/mol. The molecule has 0 aromatic heterocycles. The minimum atomic E-state index is 1.28. The summed E-state index contributed by atoms with van der Waals surface area (Å²) in [4.78, 5) is 0. The maximum Gasteiger partial charge on any atom is -0.0185 e. The zero-order chi connectivity index (χ0) is 12.0. The average Bonchev–Trinajstić information content (AvgIpc) is 2.30. The van der Waals surface area contributed by atoms with Gasteiger partial charge in [-0.2, -0.15) is 0 Å². The highest BCUT2D eigenvalue weighted by Gasteiger charge is 1.98. The second kappa shape index (κ2) is 6.12. The van der Waals surface area contributed by atoms with Crippen LogP contribution in [0.2, 0.25) is 0 Å². The Morgan fingerprint density at radius 3 is 2.06 bits per heavy atom. The van der Waals surface area contributed by atoms with Crippen LogP contribution in [0.25, 0.3) is 5.57 Å². The molecule has 1 aromatic rings. The van der Waals surface area contributed by atoms with Crippen molar-refractivity contribution < 1.29 is 0 Å². The summed E-state index contributed by atoms with van der Waals surface area (Å²) in [5, 5.41) is 0. The summed E-state index contributed by atoms with van der Waals surface area (Å²) < 4.78 is 0. The first-order valence-electron chi connectivity index (χ1n) is 5.69. The molecule has 1 aromatic carbocycles. The van der Waals surface area contributed by atoms with E-state index >= 15 is 0 Å². The minimum Gasteiger partial charge on any atom is -0.0847 e. The Labute approximate surface area is 99.0 Å². The molecule has 0 fully saturated rings. The Kier molecular flexibility index (Phi) is 4.78. The van der Waals surface area contributed by atoms with Gasteiger partial charge in [-0.3, -0.25) is 0 Å². The summed E-state index contributed by atoms with van der Waals surface area (Å²) >= 11 is 0. The number of rotatable bonds is 3. The predicted molar refractivity (Wildman–Crippen MR) is 73.3 cm³/mol. The van der Waals surface area contributed by atoms with Crippen LogP contribution in [0.3, 0.4) is 0 Å². The molecule has 0 radical (unpaired) electrons. The third-order valence-electron chi connectivity index (χ3n) is 2.59. The van der Waals surface area contributed by atoms with E-state index in [1.54, 1.807) is 0 Å². The van der Waals surface area contributed by atoms with Gasteiger partial charge < -0.3 is 0 Å². The Morgan fingerprint density at radius 2 is 1.56 bits per heavy atom. The smallest absolute Gasteiger partial charge is 0.0185 e. The normalized spacial score (nSPS) is 11.9. The lowest BCUT2D eigenvalue weighted by Crippen LogP contribution is -1.83. The average molecular weight is 212 g/mol. The molecule has 0 nitrogen and oxygen atoms in total. The predicted octanol–water partition coefficient (Wildman–Crippen LogP) is 5.00. The standard InChI is InChI=1S/C16H20/c1-5-14(4)11-12-16(13(2)3)15-9-7-6-8-10-15/h5-12H,1-4H3/b12-11-,14-5-. The molecular formula is C16H20. The lowest BCUT2D eigenvalue weighted by molar-refractivity contribution is 1.39. The summed E-state index contributed by atoms with van der Waals surface area (Å²) in [7, 11) is 0. The summed E-state index contributed by atoms with van der Waals surface area (Å²) in [6.07, 6.45) is 6.47. The summed E-state index contributed by atoms with van der Waals surface area (Å²) in [5.41, 5.74) is 5.21. The quantitative estimate of drug-likeness (QED) is 0.618. The van der Waals surface area contributed by atoms with Gasteiger partial charge in [0.25, 0.3) is 0 Å². The highest BCUT2D eigenvalue weighted by atomic mass is 14.0. The van der Waals surface area contributed by atoms with Crippen molar-refractivity contribution in [2.45, 2.75) is 27.7 Å². The van der Waals surface area contributed by atoms with Gasteiger partial charge in [-0.05, 0) is 38.8 Å². The fraction of sp³-hybridized carbons (Fsp3) is 0.250. The van der Waals surface area contributed by atoms with Crippen LogP contribution in [0, 0.1) is 0 Å². The Balaban J connectivity index is 3.05. The fourth-order valence-electron chi connectivity index (χ4n) is 1.48. The SMILES string of the molecule is C/C=C(C)\C=C/C(=C(C)C)c1ccccc1. The van der Waals surface area contributed by atoms with E-state index in [2.05, 4.69) is 70.2 Å². The molecule has 0 amide bonds. The molecule has 0 bridgehead atoms. The van der Waals surface area contributed by atoms with E-state index < -0.39 is 0 Å². The van der Waals surface area contributed by atoms with E-state index in [0.29, 0.717) is 0 Å². The molecule has 0 N–H and O–H groups in total. The van der Waals surface area contributed by atoms with Crippen molar-refractivity contribution in [1.29, 1.82) is 0 Å². The van der Waals surface area contributed by atoms with Crippen LogP contribution in [0.15, 0.2) is 59.7 Å².